The van der Waals surface area contributed by atoms with E-state index in [1.807, 2.05) is 0 Å². The van der Waals surface area contributed by atoms with Gasteiger partial charge in [-0.25, -0.2) is 0 Å². The first-order chi connectivity index (χ1) is 69.4. The molecule has 0 saturated carbocycles. The van der Waals surface area contributed by atoms with Crippen molar-refractivity contribution in [2.75, 3.05) is 9.80 Å². The van der Waals surface area contributed by atoms with Crippen molar-refractivity contribution >= 4 is 77.2 Å². The number of nitrogens with zero attached hydrogens (tertiary/aromatic N) is 2. The predicted octanol–water partition coefficient (Wildman–Crippen LogP) is 36.9. The Morgan fingerprint density at radius 1 is 0.114 bits per heavy atom. The zero-order valence-corrected chi connectivity index (χ0v) is 76.7. The first-order valence-electron chi connectivity index (χ1n) is 48.7. The van der Waals surface area contributed by atoms with Crippen LogP contribution in [0.25, 0.3) is 188 Å². The zero-order valence-electron chi connectivity index (χ0n) is 76.7. The second-order valence-electron chi connectivity index (χ2n) is 37.8. The molecule has 0 saturated heterocycles. The van der Waals surface area contributed by atoms with Crippen LogP contribution in [0.5, 0.6) is 0 Å². The molecule has 140 heavy (non-hydrogen) atoms. The van der Waals surface area contributed by atoms with Gasteiger partial charge in [0, 0.05) is 44.6 Å². The van der Waals surface area contributed by atoms with Gasteiger partial charge in [-0.1, -0.05) is 473 Å². The summed E-state index contributed by atoms with van der Waals surface area (Å²) in [4.78, 5) is 5.15. The molecule has 0 N–H and O–H groups in total. The predicted molar refractivity (Wildman–Crippen MR) is 587 cm³/mol. The van der Waals surface area contributed by atoms with Crippen molar-refractivity contribution in [2.24, 2.45) is 0 Å². The topological polar surface area (TPSA) is 6.48 Å². The molecule has 2 heteroatoms. The summed E-state index contributed by atoms with van der Waals surface area (Å²) in [5, 5.41) is 9.58. The average Bonchev–Trinajstić information content (AvgIpc) is 1.51. The van der Waals surface area contributed by atoms with Gasteiger partial charge in [-0.3, -0.25) is 0 Å². The third kappa shape index (κ3) is 12.4. The van der Waals surface area contributed by atoms with E-state index in [1.54, 1.807) is 0 Å². The van der Waals surface area contributed by atoms with Crippen molar-refractivity contribution in [1.82, 2.24) is 0 Å². The standard InChI is InChI=1S/C138H88N2/c1-3-29-89(30-4-1)101-33-27-34-102(85-101)98-69-67-95(68-70-98)97-75-79-106(80-76-97)140(108-82-84-120-118-46-20-26-56-130(118)138(132(120)88-108)127-53-23-17-43-115(127)116-44-18-24-54-128(116)138)136-124-50-14-10-40-112(124)110-38-8-12-48-122(110)134(136)104-36-28-35-103(86-104)99-71-65-93(66-72-99)92-59-57-90(58-60-92)91-61-63-94(64-62-91)96-73-77-105(78-74-96)139(135-123-49-13-9-39-111(123)109-37-7-11-47-121(109)133(135)100-31-5-2-6-32-100)107-81-83-119-117-45-19-25-55-129(117)137(131(119)87-107)125-51-21-15-41-113(125)114-42-16-22-52-126(114)137/h1-88H. The van der Waals surface area contributed by atoms with E-state index in [9.17, 15) is 0 Å². The van der Waals surface area contributed by atoms with E-state index >= 15 is 0 Å². The van der Waals surface area contributed by atoms with Crippen LogP contribution < -0.4 is 9.80 Å². The molecule has 24 aromatic carbocycles. The lowest BCUT2D eigenvalue weighted by atomic mass is 9.70. The fraction of sp³-hybridized carbons (Fsp3) is 0.0145. The van der Waals surface area contributed by atoms with Crippen LogP contribution in [0.3, 0.4) is 0 Å². The smallest absolute Gasteiger partial charge is 0.0726 e. The Kier molecular flexibility index (Phi) is 18.6. The van der Waals surface area contributed by atoms with E-state index in [0.717, 1.165) is 112 Å². The molecule has 4 aliphatic rings. The van der Waals surface area contributed by atoms with Gasteiger partial charge in [0.1, 0.15) is 0 Å². The van der Waals surface area contributed by atoms with Crippen LogP contribution >= 0.6 is 0 Å². The van der Waals surface area contributed by atoms with Crippen LogP contribution in [0, 0.1) is 0 Å². The molecule has 2 spiro atoms. The van der Waals surface area contributed by atoms with Gasteiger partial charge in [-0.2, -0.15) is 0 Å². The first-order valence-corrected chi connectivity index (χ1v) is 48.7. The Labute approximate surface area is 814 Å². The highest BCUT2D eigenvalue weighted by Crippen LogP contribution is 2.67. The van der Waals surface area contributed by atoms with Gasteiger partial charge in [0.25, 0.3) is 0 Å². The molecule has 0 aromatic heterocycles. The normalized spacial score (nSPS) is 12.8. The molecule has 0 bridgehead atoms. The molecule has 0 radical (unpaired) electrons. The Balaban J connectivity index is 0.512. The molecule has 0 heterocycles. The summed E-state index contributed by atoms with van der Waals surface area (Å²) in [6, 6.07) is 201. The van der Waals surface area contributed by atoms with Crippen molar-refractivity contribution in [3.8, 4) is 145 Å². The second-order valence-corrected chi connectivity index (χ2v) is 37.8. The third-order valence-corrected chi connectivity index (χ3v) is 30.7. The Bertz CT molecular complexity index is 9000. The molecule has 28 rings (SSSR count). The maximum Gasteiger partial charge on any atom is 0.0726 e. The Morgan fingerprint density at radius 2 is 0.314 bits per heavy atom. The fourth-order valence-corrected chi connectivity index (χ4v) is 24.5. The van der Waals surface area contributed by atoms with Gasteiger partial charge in [0.15, 0.2) is 0 Å². The Hall–Kier alpha value is -18.1. The Morgan fingerprint density at radius 3 is 0.629 bits per heavy atom. The molecule has 0 fully saturated rings. The number of rotatable bonds is 15. The molecule has 0 aliphatic heterocycles. The molecule has 650 valence electrons. The largest absolute Gasteiger partial charge is 0.309 e. The molecule has 4 aliphatic carbocycles. The lowest BCUT2D eigenvalue weighted by Gasteiger charge is -2.33. The fourth-order valence-electron chi connectivity index (χ4n) is 24.5. The van der Waals surface area contributed by atoms with Gasteiger partial charge in [0.05, 0.1) is 22.2 Å². The third-order valence-electron chi connectivity index (χ3n) is 30.7. The van der Waals surface area contributed by atoms with Gasteiger partial charge in [0.2, 0.25) is 0 Å². The van der Waals surface area contributed by atoms with Crippen LogP contribution in [0.2, 0.25) is 0 Å². The number of hydrogen-bond donors (Lipinski definition) is 0. The lowest BCUT2D eigenvalue weighted by Crippen LogP contribution is -2.26. The summed E-state index contributed by atoms with van der Waals surface area (Å²) >= 11 is 0. The van der Waals surface area contributed by atoms with E-state index in [1.165, 1.54) is 155 Å². The van der Waals surface area contributed by atoms with Crippen molar-refractivity contribution in [1.29, 1.82) is 0 Å². The molecule has 2 nitrogen and oxygen atoms in total. The summed E-state index contributed by atoms with van der Waals surface area (Å²) in [6.07, 6.45) is 0. The molecular weight excluding hydrogens is 1690 g/mol. The van der Waals surface area contributed by atoms with Gasteiger partial charge in [-0.15, -0.1) is 0 Å². The SMILES string of the molecule is c1ccc(-c2cccc(-c3ccc(-c4ccc(N(c5ccc6c(c5)C5(c7ccccc7-c7ccccc75)c5ccccc5-6)c5c(-c6cccc(-c7ccc(-c8ccc(-c9ccc(-c%10ccc(N(c%11ccc%12c(c%11)C%11(c%13ccccc%13-c%13ccccc%13%11)c%11ccccc%11-%12)c%11c(-c%12ccccc%12)c%12ccccc%12c%12ccccc%11%12)cc%10)cc9)cc8)cc7)c6)c6ccccc6c6ccccc56)cc4)cc3)c2)cc1. The molecule has 24 aromatic rings. The average molecular weight is 1770 g/mol. The molecule has 0 unspecified atom stereocenters. The summed E-state index contributed by atoms with van der Waals surface area (Å²) in [6.45, 7) is 0. The van der Waals surface area contributed by atoms with Crippen molar-refractivity contribution in [3.63, 3.8) is 0 Å². The summed E-state index contributed by atoms with van der Waals surface area (Å²) < 4.78 is 0. The zero-order chi connectivity index (χ0) is 92.1. The van der Waals surface area contributed by atoms with Crippen LogP contribution in [0.4, 0.5) is 34.1 Å². The number of anilines is 6. The second kappa shape index (κ2) is 32.3. The number of hydrogen-bond acceptors (Lipinski definition) is 2. The van der Waals surface area contributed by atoms with E-state index < -0.39 is 10.8 Å². The van der Waals surface area contributed by atoms with Crippen LogP contribution in [0.1, 0.15) is 44.5 Å². The highest BCUT2D eigenvalue weighted by atomic mass is 15.2. The maximum absolute atomic E-state index is 2.59. The van der Waals surface area contributed by atoms with Crippen LogP contribution in [0.15, 0.2) is 534 Å². The number of fused-ring (bicyclic) bond motifs is 26. The highest BCUT2D eigenvalue weighted by Gasteiger charge is 2.54. The summed E-state index contributed by atoms with van der Waals surface area (Å²) in [5.74, 6) is 0. The minimum absolute atomic E-state index is 0.523. The quantitative estimate of drug-likeness (QED) is 0.0944. The van der Waals surface area contributed by atoms with E-state index in [4.69, 9.17) is 0 Å². The minimum Gasteiger partial charge on any atom is -0.309 e. The molecule has 0 atom stereocenters. The van der Waals surface area contributed by atoms with Gasteiger partial charge >= 0.3 is 0 Å². The van der Waals surface area contributed by atoms with Gasteiger partial charge < -0.3 is 9.80 Å². The van der Waals surface area contributed by atoms with Gasteiger partial charge in [-0.05, 0) is 271 Å². The van der Waals surface area contributed by atoms with Crippen LogP contribution in [-0.4, -0.2) is 0 Å². The van der Waals surface area contributed by atoms with E-state index in [-0.39, 0.29) is 0 Å². The molecule has 0 amide bonds. The van der Waals surface area contributed by atoms with E-state index in [0.29, 0.717) is 0 Å². The maximum atomic E-state index is 2.59. The van der Waals surface area contributed by atoms with Crippen molar-refractivity contribution in [2.45, 2.75) is 10.8 Å². The van der Waals surface area contributed by atoms with Crippen molar-refractivity contribution in [3.05, 3.63) is 578 Å². The monoisotopic (exact) mass is 1770 g/mol. The first kappa shape index (κ1) is 80.4. The molecular formula is C138H88N2. The minimum atomic E-state index is -0.559. The highest BCUT2D eigenvalue weighted by molar-refractivity contribution is 6.25. The summed E-state index contributed by atoms with van der Waals surface area (Å²) in [5.41, 5.74) is 47.2. The summed E-state index contributed by atoms with van der Waals surface area (Å²) in [7, 11) is 0. The number of benzene rings is 24. The van der Waals surface area contributed by atoms with Crippen LogP contribution in [-0.2, 0) is 10.8 Å². The van der Waals surface area contributed by atoms with E-state index in [2.05, 4.69) is 544 Å². The van der Waals surface area contributed by atoms with Crippen molar-refractivity contribution < 1.29 is 0 Å². The lowest BCUT2D eigenvalue weighted by molar-refractivity contribution is 0.793.